The highest BCUT2D eigenvalue weighted by Crippen LogP contribution is 2.31. The summed E-state index contributed by atoms with van der Waals surface area (Å²) in [6.45, 7) is 1.49. The van der Waals surface area contributed by atoms with Crippen LogP contribution in [0.15, 0.2) is 67.1 Å². The number of H-pyrrole nitrogens is 1. The summed E-state index contributed by atoms with van der Waals surface area (Å²) in [4.78, 5) is 7.60. The highest BCUT2D eigenvalue weighted by Gasteiger charge is 2.28. The van der Waals surface area contributed by atoms with Crippen LogP contribution in [0.5, 0.6) is 0 Å². The van der Waals surface area contributed by atoms with Crippen LogP contribution in [-0.4, -0.2) is 36.7 Å². The average molecular weight is 430 g/mol. The summed E-state index contributed by atoms with van der Waals surface area (Å²) in [6, 6.07) is 12.6. The standard InChI is InChI=1S/C24H27N7.CH4/c1-2-8-19(9-3-1)23(24-28-29-30-31(24)17-18-7-6-13-25-15-18)26-14-12-20-16-27-22-11-5-4-10-21(20)22;/h1-2,4-7,10-11,13,15-16,19,23,26-27H,3,8-9,12,14,17H2;1H4. The van der Waals surface area contributed by atoms with Gasteiger partial charge in [-0.25, -0.2) is 4.68 Å². The van der Waals surface area contributed by atoms with Crippen molar-refractivity contribution in [2.45, 2.75) is 45.7 Å². The normalized spacial score (nSPS) is 16.7. The highest BCUT2D eigenvalue weighted by atomic mass is 15.5. The highest BCUT2D eigenvalue weighted by molar-refractivity contribution is 5.83. The minimum absolute atomic E-state index is 0. The third-order valence-electron chi connectivity index (χ3n) is 6.11. The van der Waals surface area contributed by atoms with Crippen molar-refractivity contribution in [2.75, 3.05) is 6.54 Å². The number of hydrogen-bond donors (Lipinski definition) is 2. The van der Waals surface area contributed by atoms with E-state index in [0.29, 0.717) is 12.5 Å². The van der Waals surface area contributed by atoms with E-state index in [-0.39, 0.29) is 13.5 Å². The van der Waals surface area contributed by atoms with Crippen molar-refractivity contribution in [1.82, 2.24) is 35.5 Å². The molecular formula is C25H31N7. The molecule has 5 rings (SSSR count). The Morgan fingerprint density at radius 1 is 1.16 bits per heavy atom. The molecule has 1 aliphatic rings. The first-order valence-electron chi connectivity index (χ1n) is 11.0. The van der Waals surface area contributed by atoms with Crippen LogP contribution in [0.4, 0.5) is 0 Å². The summed E-state index contributed by atoms with van der Waals surface area (Å²) in [5.41, 5.74) is 3.62. The van der Waals surface area contributed by atoms with E-state index in [1.165, 1.54) is 16.5 Å². The number of tetrazole rings is 1. The van der Waals surface area contributed by atoms with Crippen molar-refractivity contribution < 1.29 is 0 Å². The summed E-state index contributed by atoms with van der Waals surface area (Å²) in [7, 11) is 0. The second-order valence-electron chi connectivity index (χ2n) is 8.14. The number of nitrogens with zero attached hydrogens (tertiary/aromatic N) is 5. The van der Waals surface area contributed by atoms with Gasteiger partial charge in [0.05, 0.1) is 12.6 Å². The number of pyridine rings is 1. The van der Waals surface area contributed by atoms with Crippen LogP contribution in [0.25, 0.3) is 10.9 Å². The van der Waals surface area contributed by atoms with Gasteiger partial charge in [0.15, 0.2) is 5.82 Å². The van der Waals surface area contributed by atoms with Gasteiger partial charge < -0.3 is 10.3 Å². The lowest BCUT2D eigenvalue weighted by Gasteiger charge is -2.28. The van der Waals surface area contributed by atoms with E-state index in [0.717, 1.165) is 43.6 Å². The van der Waals surface area contributed by atoms with Crippen LogP contribution >= 0.6 is 0 Å². The third-order valence-corrected chi connectivity index (χ3v) is 6.11. The van der Waals surface area contributed by atoms with E-state index >= 15 is 0 Å². The number of nitrogens with one attached hydrogen (secondary N) is 2. The molecule has 0 radical (unpaired) electrons. The first-order valence-corrected chi connectivity index (χ1v) is 11.0. The second kappa shape index (κ2) is 10.3. The number of aromatic nitrogens is 6. The van der Waals surface area contributed by atoms with Gasteiger partial charge >= 0.3 is 0 Å². The smallest absolute Gasteiger partial charge is 0.168 e. The Hall–Kier alpha value is -3.32. The summed E-state index contributed by atoms with van der Waals surface area (Å²) in [5, 5.41) is 17.8. The Balaban J connectivity index is 0.00000245. The molecule has 0 saturated heterocycles. The first-order chi connectivity index (χ1) is 15.4. The topological polar surface area (TPSA) is 84.3 Å². The Bertz CT molecular complexity index is 1150. The SMILES string of the molecule is C.C1=CCC(C(NCCc2c[nH]c3ccccc23)c2nnnn2Cc2cccnc2)CC1. The van der Waals surface area contributed by atoms with Crippen LogP contribution in [0.1, 0.15) is 49.7 Å². The Morgan fingerprint density at radius 2 is 2.09 bits per heavy atom. The lowest BCUT2D eigenvalue weighted by Crippen LogP contribution is -2.33. The van der Waals surface area contributed by atoms with E-state index in [2.05, 4.69) is 79.5 Å². The number of hydrogen-bond acceptors (Lipinski definition) is 5. The quantitative estimate of drug-likeness (QED) is 0.404. The minimum Gasteiger partial charge on any atom is -0.361 e. The van der Waals surface area contributed by atoms with Crippen molar-refractivity contribution in [3.8, 4) is 0 Å². The maximum Gasteiger partial charge on any atom is 0.168 e. The van der Waals surface area contributed by atoms with Crippen molar-refractivity contribution in [3.05, 3.63) is 84.1 Å². The van der Waals surface area contributed by atoms with Crippen LogP contribution < -0.4 is 5.32 Å². The molecule has 2 N–H and O–H groups in total. The fourth-order valence-corrected chi connectivity index (χ4v) is 4.50. The first kappa shape index (κ1) is 21.9. The average Bonchev–Trinajstić information content (AvgIpc) is 3.45. The summed E-state index contributed by atoms with van der Waals surface area (Å²) >= 11 is 0. The zero-order valence-corrected chi connectivity index (χ0v) is 17.5. The fourth-order valence-electron chi connectivity index (χ4n) is 4.50. The summed E-state index contributed by atoms with van der Waals surface area (Å²) in [5.74, 6) is 1.38. The number of benzene rings is 1. The van der Waals surface area contributed by atoms with Gasteiger partial charge in [-0.15, -0.1) is 5.10 Å². The Labute approximate surface area is 189 Å². The number of rotatable bonds is 8. The molecule has 32 heavy (non-hydrogen) atoms. The molecule has 166 valence electrons. The van der Waals surface area contributed by atoms with Gasteiger partial charge in [-0.05, 0) is 71.8 Å². The molecule has 7 heteroatoms. The van der Waals surface area contributed by atoms with Crippen molar-refractivity contribution in [2.24, 2.45) is 5.92 Å². The second-order valence-corrected chi connectivity index (χ2v) is 8.14. The Morgan fingerprint density at radius 3 is 2.94 bits per heavy atom. The lowest BCUT2D eigenvalue weighted by atomic mass is 9.87. The van der Waals surface area contributed by atoms with E-state index in [4.69, 9.17) is 0 Å². The number of fused-ring (bicyclic) bond motifs is 1. The molecule has 0 amide bonds. The van der Waals surface area contributed by atoms with Crippen LogP contribution in [-0.2, 0) is 13.0 Å². The molecule has 0 fully saturated rings. The number of allylic oxidation sites excluding steroid dienone is 2. The minimum atomic E-state index is 0. The zero-order chi connectivity index (χ0) is 20.9. The van der Waals surface area contributed by atoms with Crippen molar-refractivity contribution in [1.29, 1.82) is 0 Å². The molecule has 0 bridgehead atoms. The predicted molar refractivity (Wildman–Crippen MR) is 127 cm³/mol. The molecule has 7 nitrogen and oxygen atoms in total. The largest absolute Gasteiger partial charge is 0.361 e. The Kier molecular flexibility index (Phi) is 7.07. The summed E-state index contributed by atoms with van der Waals surface area (Å²) in [6.07, 6.45) is 14.6. The number of para-hydroxylation sites is 1. The number of aromatic amines is 1. The van der Waals surface area contributed by atoms with Crippen LogP contribution in [0.2, 0.25) is 0 Å². The van der Waals surface area contributed by atoms with Gasteiger partial charge in [0, 0.05) is 29.5 Å². The van der Waals surface area contributed by atoms with E-state index in [1.54, 1.807) is 6.20 Å². The molecule has 1 aromatic carbocycles. The molecule has 0 spiro atoms. The zero-order valence-electron chi connectivity index (χ0n) is 17.5. The molecule has 4 aromatic rings. The molecule has 3 aromatic heterocycles. The van der Waals surface area contributed by atoms with E-state index < -0.39 is 0 Å². The van der Waals surface area contributed by atoms with Crippen molar-refractivity contribution >= 4 is 10.9 Å². The maximum absolute atomic E-state index is 4.44. The molecule has 2 unspecified atom stereocenters. The lowest BCUT2D eigenvalue weighted by molar-refractivity contribution is 0.315. The van der Waals surface area contributed by atoms with Crippen molar-refractivity contribution in [3.63, 3.8) is 0 Å². The monoisotopic (exact) mass is 429 g/mol. The fraction of sp³-hybridized carbons (Fsp3) is 0.360. The van der Waals surface area contributed by atoms with E-state index in [9.17, 15) is 0 Å². The van der Waals surface area contributed by atoms with Crippen LogP contribution in [0.3, 0.4) is 0 Å². The molecule has 0 aliphatic heterocycles. The molecule has 3 heterocycles. The predicted octanol–water partition coefficient (Wildman–Crippen LogP) is 4.46. The van der Waals surface area contributed by atoms with Gasteiger partial charge in [0.2, 0.25) is 0 Å². The van der Waals surface area contributed by atoms with Gasteiger partial charge in [0.25, 0.3) is 0 Å². The molecular weight excluding hydrogens is 398 g/mol. The van der Waals surface area contributed by atoms with Gasteiger partial charge in [-0.3, -0.25) is 4.98 Å². The van der Waals surface area contributed by atoms with Crippen LogP contribution in [0, 0.1) is 5.92 Å². The molecule has 0 saturated carbocycles. The molecule has 1 aliphatic carbocycles. The molecule has 2 atom stereocenters. The maximum atomic E-state index is 4.44. The van der Waals surface area contributed by atoms with Gasteiger partial charge in [-0.1, -0.05) is 43.8 Å². The van der Waals surface area contributed by atoms with Gasteiger partial charge in [-0.2, -0.15) is 0 Å². The van der Waals surface area contributed by atoms with Gasteiger partial charge in [0.1, 0.15) is 0 Å². The third kappa shape index (κ3) is 4.78. The van der Waals surface area contributed by atoms with E-state index in [1.807, 2.05) is 16.9 Å². The summed E-state index contributed by atoms with van der Waals surface area (Å²) < 4.78 is 1.92.